The number of nitrogens with one attached hydrogen (secondary N) is 2. The second-order valence-corrected chi connectivity index (χ2v) is 10.6. The third-order valence-corrected chi connectivity index (χ3v) is 6.10. The van der Waals surface area contributed by atoms with E-state index < -0.39 is 42.2 Å². The summed E-state index contributed by atoms with van der Waals surface area (Å²) in [6.07, 6.45) is -2.53. The fourth-order valence-corrected chi connectivity index (χ4v) is 4.06. The summed E-state index contributed by atoms with van der Waals surface area (Å²) in [6, 6.07) is 12.2. The van der Waals surface area contributed by atoms with E-state index in [4.69, 9.17) is 16.3 Å². The Morgan fingerprint density at radius 3 is 2.52 bits per heavy atom. The summed E-state index contributed by atoms with van der Waals surface area (Å²) in [5.41, 5.74) is 0.511. The topological polar surface area (TPSA) is 118 Å². The molecule has 2 atom stereocenters. The van der Waals surface area contributed by atoms with E-state index in [1.807, 2.05) is 0 Å². The summed E-state index contributed by atoms with van der Waals surface area (Å²) < 4.78 is 36.9. The number of pyridine rings is 1. The van der Waals surface area contributed by atoms with Crippen LogP contribution in [0, 0.1) is 12.7 Å². The predicted octanol–water partition coefficient (Wildman–Crippen LogP) is 5.65. The maximum absolute atomic E-state index is 15.7. The van der Waals surface area contributed by atoms with Crippen LogP contribution in [0.2, 0.25) is 5.02 Å². The van der Waals surface area contributed by atoms with Crippen molar-refractivity contribution in [3.63, 3.8) is 0 Å². The highest BCUT2D eigenvalue weighted by Gasteiger charge is 2.24. The number of carbonyl (C=O) groups excluding carboxylic acids is 2. The Morgan fingerprint density at radius 1 is 1.15 bits per heavy atom. The standard InChI is InChI=1S/C28H28ClF2N5O4/c1-15-5-10-19(17-11-12-36-21(13-17)33-26(35-36)34-27(39)40-28(2,3)4)23(31)22(15)25(38)32-14-20(30)24(37)16-6-8-18(29)9-7-16/h5-13,20,24,37H,14H2,1-4H3,(H,32,38)(H,34,35,39). The number of anilines is 1. The molecule has 2 amide bonds. The molecule has 0 spiro atoms. The predicted molar refractivity (Wildman–Crippen MR) is 147 cm³/mol. The van der Waals surface area contributed by atoms with Crippen molar-refractivity contribution >= 4 is 35.2 Å². The van der Waals surface area contributed by atoms with Gasteiger partial charge in [0.1, 0.15) is 23.7 Å². The fourth-order valence-electron chi connectivity index (χ4n) is 3.93. The van der Waals surface area contributed by atoms with Gasteiger partial charge in [-0.1, -0.05) is 35.9 Å². The lowest BCUT2D eigenvalue weighted by Gasteiger charge is -2.18. The lowest BCUT2D eigenvalue weighted by atomic mass is 9.98. The molecule has 0 fully saturated rings. The maximum Gasteiger partial charge on any atom is 0.414 e. The van der Waals surface area contributed by atoms with Gasteiger partial charge in [0.05, 0.1) is 12.1 Å². The second-order valence-electron chi connectivity index (χ2n) is 10.1. The van der Waals surface area contributed by atoms with Crippen molar-refractivity contribution in [2.24, 2.45) is 0 Å². The van der Waals surface area contributed by atoms with Crippen molar-refractivity contribution in [2.45, 2.75) is 45.6 Å². The molecular weight excluding hydrogens is 544 g/mol. The number of aliphatic hydroxyl groups is 1. The molecule has 0 bridgehead atoms. The highest BCUT2D eigenvalue weighted by molar-refractivity contribution is 6.30. The minimum Gasteiger partial charge on any atom is -0.444 e. The first-order chi connectivity index (χ1) is 18.8. The molecule has 2 aromatic carbocycles. The van der Waals surface area contributed by atoms with Crippen LogP contribution in [0.4, 0.5) is 19.5 Å². The molecule has 3 N–H and O–H groups in total. The highest BCUT2D eigenvalue weighted by Crippen LogP contribution is 2.28. The van der Waals surface area contributed by atoms with E-state index in [1.165, 1.54) is 41.0 Å². The molecule has 2 unspecified atom stereocenters. The molecule has 2 aromatic heterocycles. The van der Waals surface area contributed by atoms with Gasteiger partial charge in [-0.05, 0) is 68.7 Å². The molecular formula is C28H28ClF2N5O4. The van der Waals surface area contributed by atoms with Crippen LogP contribution in [0.1, 0.15) is 48.4 Å². The summed E-state index contributed by atoms with van der Waals surface area (Å²) in [6.45, 7) is 6.20. The van der Waals surface area contributed by atoms with E-state index >= 15 is 4.39 Å². The van der Waals surface area contributed by atoms with Gasteiger partial charge < -0.3 is 15.2 Å². The molecule has 9 nitrogen and oxygen atoms in total. The number of aliphatic hydroxyl groups excluding tert-OH is 1. The summed E-state index contributed by atoms with van der Waals surface area (Å²) >= 11 is 5.82. The molecule has 4 rings (SSSR count). The van der Waals surface area contributed by atoms with E-state index in [9.17, 15) is 19.1 Å². The fraction of sp³-hybridized carbons (Fsp3) is 0.286. The van der Waals surface area contributed by atoms with Crippen molar-refractivity contribution < 1.29 is 28.2 Å². The van der Waals surface area contributed by atoms with Crippen LogP contribution in [-0.2, 0) is 4.74 Å². The number of ether oxygens (including phenoxy) is 1. The van der Waals surface area contributed by atoms with Crippen molar-refractivity contribution in [1.82, 2.24) is 19.9 Å². The number of aryl methyl sites for hydroxylation is 1. The van der Waals surface area contributed by atoms with Gasteiger partial charge in [0.15, 0.2) is 5.65 Å². The van der Waals surface area contributed by atoms with E-state index in [0.717, 1.165) is 0 Å². The number of alkyl halides is 1. The lowest BCUT2D eigenvalue weighted by Crippen LogP contribution is -2.34. The number of halogens is 3. The number of hydrogen-bond donors (Lipinski definition) is 3. The number of hydrogen-bond acceptors (Lipinski definition) is 6. The zero-order valence-electron chi connectivity index (χ0n) is 22.2. The van der Waals surface area contributed by atoms with Crippen LogP contribution >= 0.6 is 11.6 Å². The van der Waals surface area contributed by atoms with E-state index in [-0.39, 0.29) is 17.1 Å². The Morgan fingerprint density at radius 2 is 1.85 bits per heavy atom. The number of amides is 2. The SMILES string of the molecule is Cc1ccc(-c2ccn3nc(NC(=O)OC(C)(C)C)nc3c2)c(F)c1C(=O)NCC(F)C(O)c1ccc(Cl)cc1. The molecule has 0 saturated carbocycles. The minimum atomic E-state index is -1.84. The molecule has 0 radical (unpaired) electrons. The number of benzene rings is 2. The van der Waals surface area contributed by atoms with Gasteiger partial charge >= 0.3 is 6.09 Å². The van der Waals surface area contributed by atoms with Gasteiger partial charge in [-0.3, -0.25) is 10.1 Å². The largest absolute Gasteiger partial charge is 0.444 e. The molecule has 2 heterocycles. The molecule has 210 valence electrons. The average Bonchev–Trinajstić information content (AvgIpc) is 3.27. The van der Waals surface area contributed by atoms with Crippen molar-refractivity contribution in [3.8, 4) is 11.1 Å². The minimum absolute atomic E-state index is 0.00240. The van der Waals surface area contributed by atoms with Crippen LogP contribution < -0.4 is 10.6 Å². The third kappa shape index (κ3) is 6.72. The van der Waals surface area contributed by atoms with Gasteiger partial charge in [0.2, 0.25) is 0 Å². The van der Waals surface area contributed by atoms with Crippen LogP contribution in [0.5, 0.6) is 0 Å². The van der Waals surface area contributed by atoms with Crippen LogP contribution in [-0.4, -0.2) is 50.0 Å². The summed E-state index contributed by atoms with van der Waals surface area (Å²) in [7, 11) is 0. The Labute approximate surface area is 234 Å². The van der Waals surface area contributed by atoms with Gasteiger partial charge in [-0.2, -0.15) is 4.98 Å². The lowest BCUT2D eigenvalue weighted by molar-refractivity contribution is 0.0634. The summed E-state index contributed by atoms with van der Waals surface area (Å²) in [4.78, 5) is 29.2. The molecule has 40 heavy (non-hydrogen) atoms. The monoisotopic (exact) mass is 571 g/mol. The first-order valence-corrected chi connectivity index (χ1v) is 12.7. The molecule has 0 aliphatic heterocycles. The summed E-state index contributed by atoms with van der Waals surface area (Å²) in [5.74, 6) is -1.63. The number of nitrogens with zero attached hydrogens (tertiary/aromatic N) is 3. The Kier molecular flexibility index (Phi) is 8.36. The zero-order chi connectivity index (χ0) is 29.2. The van der Waals surface area contributed by atoms with Crippen molar-refractivity contribution in [1.29, 1.82) is 0 Å². The maximum atomic E-state index is 15.7. The quantitative estimate of drug-likeness (QED) is 0.264. The number of carbonyl (C=O) groups is 2. The van der Waals surface area contributed by atoms with Gasteiger partial charge in [0.25, 0.3) is 11.9 Å². The number of rotatable bonds is 7. The highest BCUT2D eigenvalue weighted by atomic mass is 35.5. The van der Waals surface area contributed by atoms with Crippen LogP contribution in [0.15, 0.2) is 54.7 Å². The zero-order valence-corrected chi connectivity index (χ0v) is 23.0. The van der Waals surface area contributed by atoms with Gasteiger partial charge in [-0.15, -0.1) is 5.10 Å². The molecule has 4 aromatic rings. The number of fused-ring (bicyclic) bond motifs is 1. The molecule has 0 aliphatic rings. The van der Waals surface area contributed by atoms with E-state index in [2.05, 4.69) is 20.7 Å². The van der Waals surface area contributed by atoms with Crippen molar-refractivity contribution in [3.05, 3.63) is 82.3 Å². The smallest absolute Gasteiger partial charge is 0.414 e. The van der Waals surface area contributed by atoms with Crippen LogP contribution in [0.25, 0.3) is 16.8 Å². The first kappa shape index (κ1) is 28.9. The number of aromatic nitrogens is 3. The first-order valence-electron chi connectivity index (χ1n) is 12.3. The molecule has 12 heteroatoms. The molecule has 0 aliphatic carbocycles. The summed E-state index contributed by atoms with van der Waals surface area (Å²) in [5, 5.41) is 19.7. The van der Waals surface area contributed by atoms with Crippen LogP contribution in [0.3, 0.4) is 0 Å². The van der Waals surface area contributed by atoms with E-state index in [0.29, 0.717) is 27.4 Å². The second kappa shape index (κ2) is 11.6. The van der Waals surface area contributed by atoms with E-state index in [1.54, 1.807) is 45.9 Å². The normalized spacial score (nSPS) is 13.1. The van der Waals surface area contributed by atoms with Gasteiger partial charge in [-0.25, -0.2) is 18.1 Å². The Balaban J connectivity index is 1.51. The average molecular weight is 572 g/mol. The van der Waals surface area contributed by atoms with Crippen molar-refractivity contribution in [2.75, 3.05) is 11.9 Å². The van der Waals surface area contributed by atoms with Gasteiger partial charge in [0, 0.05) is 16.8 Å². The third-order valence-electron chi connectivity index (χ3n) is 5.85. The Hall–Kier alpha value is -4.09. The molecule has 0 saturated heterocycles. The Bertz CT molecular complexity index is 1550.